The van der Waals surface area contributed by atoms with Crippen LogP contribution in [0.1, 0.15) is 26.3 Å². The minimum atomic E-state index is -3.56. The number of hydrogen-bond acceptors (Lipinski definition) is 9. The van der Waals surface area contributed by atoms with Gasteiger partial charge in [0.1, 0.15) is 12.3 Å². The predicted octanol–water partition coefficient (Wildman–Crippen LogP) is 4.37. The van der Waals surface area contributed by atoms with Crippen molar-refractivity contribution in [3.63, 3.8) is 0 Å². The first kappa shape index (κ1) is 26.4. The second-order valence-corrected chi connectivity index (χ2v) is 18.3. The van der Waals surface area contributed by atoms with Gasteiger partial charge in [-0.2, -0.15) is 0 Å². The lowest BCUT2D eigenvalue weighted by molar-refractivity contribution is 0.0500. The average Bonchev–Trinajstić information content (AvgIpc) is 3.07. The molecule has 0 radical (unpaired) electrons. The van der Waals surface area contributed by atoms with Crippen LogP contribution in [0.15, 0.2) is 17.6 Å². The Kier molecular flexibility index (Phi) is 8.18. The largest absolute Gasteiger partial charge is 0.443 e. The highest BCUT2D eigenvalue weighted by molar-refractivity contribution is 7.90. The minimum absolute atomic E-state index is 0.00366. The monoisotopic (exact) mass is 500 g/mol. The summed E-state index contributed by atoms with van der Waals surface area (Å²) in [6.45, 7) is 14.5. The minimum Gasteiger partial charge on any atom is -0.443 e. The summed E-state index contributed by atoms with van der Waals surface area (Å²) in [6, 6.07) is 0.965. The van der Waals surface area contributed by atoms with E-state index in [9.17, 15) is 13.2 Å². The number of amides is 1. The molecule has 0 N–H and O–H groups in total. The van der Waals surface area contributed by atoms with Gasteiger partial charge in [-0.05, 0) is 39.3 Å². The van der Waals surface area contributed by atoms with Crippen LogP contribution < -0.4 is 4.90 Å². The van der Waals surface area contributed by atoms with Gasteiger partial charge in [0.2, 0.25) is 15.0 Å². The van der Waals surface area contributed by atoms with E-state index in [1.165, 1.54) is 22.4 Å². The summed E-state index contributed by atoms with van der Waals surface area (Å²) in [7, 11) is -4.84. The Morgan fingerprint density at radius 3 is 2.41 bits per heavy atom. The van der Waals surface area contributed by atoms with Gasteiger partial charge in [0.25, 0.3) is 0 Å². The summed E-state index contributed by atoms with van der Waals surface area (Å²) in [5.74, 6) is 0. The first-order valence-electron chi connectivity index (χ1n) is 10.1. The maximum atomic E-state index is 12.8. The lowest BCUT2D eigenvalue weighted by Gasteiger charge is -2.26. The highest BCUT2D eigenvalue weighted by Gasteiger charge is 2.27. The second kappa shape index (κ2) is 9.94. The zero-order valence-electron chi connectivity index (χ0n) is 19.9. The lowest BCUT2D eigenvalue weighted by Crippen LogP contribution is -2.38. The molecule has 0 bridgehead atoms. The molecule has 0 atom stereocenters. The molecule has 2 aromatic heterocycles. The molecule has 0 aliphatic carbocycles. The standard InChI is InChI=1S/C20H32N4O5S2Si/c1-14-11-21-17(31(5,26)27)23-16(14)15-12-22-18(30-15)24(19(25)29-20(2,3)4)13-28-9-10-32(6,7)8/h11-12H,9-10,13H2,1-8H3. The summed E-state index contributed by atoms with van der Waals surface area (Å²) < 4.78 is 35.0. The van der Waals surface area contributed by atoms with Gasteiger partial charge < -0.3 is 9.47 Å². The van der Waals surface area contributed by atoms with Gasteiger partial charge in [-0.3, -0.25) is 0 Å². The van der Waals surface area contributed by atoms with Crippen molar-refractivity contribution in [3.05, 3.63) is 18.0 Å². The van der Waals surface area contributed by atoms with Crippen molar-refractivity contribution in [2.75, 3.05) is 24.5 Å². The van der Waals surface area contributed by atoms with Gasteiger partial charge in [0.05, 0.1) is 10.6 Å². The number of sulfone groups is 1. The molecular formula is C20H32N4O5S2Si. The number of rotatable bonds is 8. The van der Waals surface area contributed by atoms with E-state index < -0.39 is 29.6 Å². The van der Waals surface area contributed by atoms with Crippen LogP contribution in [0.2, 0.25) is 25.7 Å². The molecule has 2 heterocycles. The number of carbonyl (C=O) groups excluding carboxylic acids is 1. The van der Waals surface area contributed by atoms with Gasteiger partial charge in [-0.15, -0.1) is 0 Å². The molecule has 0 aliphatic heterocycles. The SMILES string of the molecule is Cc1cnc(S(C)(=O)=O)nc1-c1cnc(N(COCC[Si](C)(C)C)C(=O)OC(C)(C)C)s1. The Morgan fingerprint density at radius 2 is 1.84 bits per heavy atom. The highest BCUT2D eigenvalue weighted by Crippen LogP contribution is 2.32. The summed E-state index contributed by atoms with van der Waals surface area (Å²) in [6.07, 6.45) is 3.51. The van der Waals surface area contributed by atoms with Crippen LogP contribution >= 0.6 is 11.3 Å². The fourth-order valence-corrected chi connectivity index (χ4v) is 4.60. The first-order valence-corrected chi connectivity index (χ1v) is 16.6. The van der Waals surface area contributed by atoms with Crippen LogP contribution in [0.5, 0.6) is 0 Å². The van der Waals surface area contributed by atoms with Crippen molar-refractivity contribution >= 4 is 40.5 Å². The topological polar surface area (TPSA) is 112 Å². The summed E-state index contributed by atoms with van der Waals surface area (Å²) >= 11 is 1.20. The molecule has 32 heavy (non-hydrogen) atoms. The molecule has 0 fully saturated rings. The highest BCUT2D eigenvalue weighted by atomic mass is 32.2. The maximum absolute atomic E-state index is 12.8. The van der Waals surface area contributed by atoms with Gasteiger partial charge in [-0.25, -0.2) is 33.1 Å². The number of carbonyl (C=O) groups is 1. The molecule has 178 valence electrons. The van der Waals surface area contributed by atoms with E-state index in [1.807, 2.05) is 0 Å². The maximum Gasteiger partial charge on any atom is 0.418 e. The van der Waals surface area contributed by atoms with Crippen molar-refractivity contribution in [1.82, 2.24) is 15.0 Å². The number of ether oxygens (including phenoxy) is 2. The number of nitrogens with zero attached hydrogens (tertiary/aromatic N) is 4. The molecule has 2 aromatic rings. The Morgan fingerprint density at radius 1 is 1.19 bits per heavy atom. The van der Waals surface area contributed by atoms with Crippen molar-refractivity contribution < 1.29 is 22.7 Å². The van der Waals surface area contributed by atoms with Crippen LogP contribution in [0, 0.1) is 6.92 Å². The second-order valence-electron chi connectivity index (χ2n) is 9.72. The molecule has 1 amide bonds. The zero-order chi connectivity index (χ0) is 24.3. The molecule has 0 aromatic carbocycles. The smallest absolute Gasteiger partial charge is 0.418 e. The molecule has 9 nitrogen and oxygen atoms in total. The third-order valence-corrected chi connectivity index (χ3v) is 7.66. The molecule has 0 aliphatic rings. The number of hydrogen-bond donors (Lipinski definition) is 0. The Hall–Kier alpha value is -1.89. The van der Waals surface area contributed by atoms with Gasteiger partial charge in [0.15, 0.2) is 5.13 Å². The van der Waals surface area contributed by atoms with Crippen molar-refractivity contribution in [1.29, 1.82) is 0 Å². The lowest BCUT2D eigenvalue weighted by atomic mass is 10.2. The van der Waals surface area contributed by atoms with E-state index in [-0.39, 0.29) is 11.9 Å². The number of aromatic nitrogens is 3. The van der Waals surface area contributed by atoms with Crippen LogP contribution in [0.4, 0.5) is 9.93 Å². The zero-order valence-corrected chi connectivity index (χ0v) is 22.6. The van der Waals surface area contributed by atoms with Crippen molar-refractivity contribution in [3.8, 4) is 10.6 Å². The number of anilines is 1. The van der Waals surface area contributed by atoms with E-state index in [0.29, 0.717) is 27.9 Å². The molecule has 0 saturated carbocycles. The third-order valence-electron chi connectivity index (χ3n) is 4.07. The number of aryl methyl sites for hydroxylation is 1. The molecular weight excluding hydrogens is 468 g/mol. The normalized spacial score (nSPS) is 12.6. The molecule has 0 spiro atoms. The van der Waals surface area contributed by atoms with E-state index in [4.69, 9.17) is 9.47 Å². The van der Waals surface area contributed by atoms with E-state index in [2.05, 4.69) is 34.6 Å². The quantitative estimate of drug-likeness (QED) is 0.227. The molecule has 2 rings (SSSR count). The van der Waals surface area contributed by atoms with E-state index in [0.717, 1.165) is 12.3 Å². The van der Waals surface area contributed by atoms with Crippen LogP contribution in [0.3, 0.4) is 0 Å². The Bertz CT molecular complexity index is 1060. The summed E-state index contributed by atoms with van der Waals surface area (Å²) in [5, 5.41) is 0.118. The van der Waals surface area contributed by atoms with E-state index >= 15 is 0 Å². The Labute approximate surface area is 195 Å². The van der Waals surface area contributed by atoms with E-state index in [1.54, 1.807) is 33.9 Å². The fraction of sp³-hybridized carbons (Fsp3) is 0.600. The van der Waals surface area contributed by atoms with Gasteiger partial charge in [0, 0.05) is 33.3 Å². The average molecular weight is 501 g/mol. The van der Waals surface area contributed by atoms with Crippen LogP contribution in [0.25, 0.3) is 10.6 Å². The fourth-order valence-electron chi connectivity index (χ4n) is 2.39. The van der Waals surface area contributed by atoms with Crippen LogP contribution in [-0.4, -0.2) is 62.7 Å². The number of thiazole rings is 1. The molecule has 0 saturated heterocycles. The third kappa shape index (κ3) is 7.91. The van der Waals surface area contributed by atoms with Crippen molar-refractivity contribution in [2.45, 2.75) is 64.1 Å². The van der Waals surface area contributed by atoms with Crippen molar-refractivity contribution in [2.24, 2.45) is 0 Å². The molecule has 0 unspecified atom stereocenters. The van der Waals surface area contributed by atoms with Crippen LogP contribution in [-0.2, 0) is 19.3 Å². The van der Waals surface area contributed by atoms with Gasteiger partial charge in [-0.1, -0.05) is 31.0 Å². The molecule has 12 heteroatoms. The summed E-state index contributed by atoms with van der Waals surface area (Å²) in [5.41, 5.74) is 0.470. The first-order chi connectivity index (χ1) is 14.6. The van der Waals surface area contributed by atoms with Gasteiger partial charge >= 0.3 is 6.09 Å². The Balaban J connectivity index is 2.32. The summed E-state index contributed by atoms with van der Waals surface area (Å²) in [4.78, 5) is 27.3. The predicted molar refractivity (Wildman–Crippen MR) is 129 cm³/mol.